The van der Waals surface area contributed by atoms with Crippen LogP contribution in [0, 0.1) is 11.6 Å². The lowest BCUT2D eigenvalue weighted by Gasteiger charge is -2.16. The molecular formula is C17H12F5N3O3. The minimum Gasteiger partial charge on any atom is -0.288 e. The first kappa shape index (κ1) is 21.0. The molecule has 0 aromatic heterocycles. The largest absolute Gasteiger partial charge is 0.417 e. The predicted octanol–water partition coefficient (Wildman–Crippen LogP) is 3.21. The average Bonchev–Trinajstić information content (AvgIpc) is 2.64. The summed E-state index contributed by atoms with van der Waals surface area (Å²) in [6.45, 7) is 0. The van der Waals surface area contributed by atoms with Crippen LogP contribution in [0.3, 0.4) is 0 Å². The number of hydrazone groups is 1. The van der Waals surface area contributed by atoms with E-state index in [1.165, 1.54) is 5.48 Å². The number of nitrogens with one attached hydrogen (secondary N) is 1. The highest BCUT2D eigenvalue weighted by atomic mass is 19.4. The summed E-state index contributed by atoms with van der Waals surface area (Å²) < 4.78 is 66.8. The Morgan fingerprint density at radius 3 is 2.39 bits per heavy atom. The minimum atomic E-state index is -4.97. The molecule has 0 radical (unpaired) electrons. The van der Waals surface area contributed by atoms with Crippen molar-refractivity contribution < 1.29 is 36.7 Å². The Labute approximate surface area is 154 Å². The number of nitrogens with zero attached hydrogens (tertiary/aromatic N) is 2. The summed E-state index contributed by atoms with van der Waals surface area (Å²) in [5, 5.41) is 12.4. The van der Waals surface area contributed by atoms with Crippen molar-refractivity contribution in [3.05, 3.63) is 70.3 Å². The number of halogens is 5. The van der Waals surface area contributed by atoms with Crippen LogP contribution in [0.15, 0.2) is 41.5 Å². The van der Waals surface area contributed by atoms with Crippen LogP contribution in [0.2, 0.25) is 0 Å². The van der Waals surface area contributed by atoms with Gasteiger partial charge in [0.05, 0.1) is 17.3 Å². The summed E-state index contributed by atoms with van der Waals surface area (Å²) in [6.07, 6.45) is -4.16. The molecule has 0 aliphatic heterocycles. The van der Waals surface area contributed by atoms with E-state index in [1.54, 1.807) is 0 Å². The van der Waals surface area contributed by atoms with Crippen molar-refractivity contribution in [1.82, 2.24) is 10.5 Å². The molecule has 11 heteroatoms. The average molecular weight is 401 g/mol. The summed E-state index contributed by atoms with van der Waals surface area (Å²) >= 11 is 0. The summed E-state index contributed by atoms with van der Waals surface area (Å²) in [7, 11) is 0.969. The first-order chi connectivity index (χ1) is 13.1. The molecule has 2 rings (SSSR count). The van der Waals surface area contributed by atoms with Crippen molar-refractivity contribution in [3.8, 4) is 0 Å². The Morgan fingerprint density at radius 2 is 1.82 bits per heavy atom. The van der Waals surface area contributed by atoms with Gasteiger partial charge in [0.25, 0.3) is 11.8 Å². The van der Waals surface area contributed by atoms with Gasteiger partial charge in [-0.15, -0.1) is 0 Å². The molecule has 0 spiro atoms. The smallest absolute Gasteiger partial charge is 0.288 e. The molecule has 0 aliphatic rings. The topological polar surface area (TPSA) is 82.0 Å². The number of hydroxylamine groups is 1. The number of rotatable bonds is 4. The van der Waals surface area contributed by atoms with Crippen molar-refractivity contribution in [2.45, 2.75) is 6.18 Å². The molecular weight excluding hydrogens is 389 g/mol. The van der Waals surface area contributed by atoms with Crippen molar-refractivity contribution in [2.24, 2.45) is 5.10 Å². The van der Waals surface area contributed by atoms with E-state index in [0.29, 0.717) is 17.1 Å². The fourth-order valence-corrected chi connectivity index (χ4v) is 2.18. The van der Waals surface area contributed by atoms with Gasteiger partial charge in [-0.2, -0.15) is 18.3 Å². The number of carbonyl (C=O) groups excluding carboxylic acids is 2. The van der Waals surface area contributed by atoms with Gasteiger partial charge in [-0.1, -0.05) is 6.07 Å². The Balaban J connectivity index is 2.30. The van der Waals surface area contributed by atoms with Gasteiger partial charge in [0.1, 0.15) is 11.6 Å². The van der Waals surface area contributed by atoms with Crippen LogP contribution in [0.25, 0.3) is 0 Å². The second-order valence-corrected chi connectivity index (χ2v) is 5.41. The zero-order valence-electron chi connectivity index (χ0n) is 14.1. The highest BCUT2D eigenvalue weighted by molar-refractivity contribution is 5.97. The van der Waals surface area contributed by atoms with E-state index in [-0.39, 0.29) is 11.1 Å². The summed E-state index contributed by atoms with van der Waals surface area (Å²) in [5.41, 5.74) is -1.79. The molecule has 0 atom stereocenters. The van der Waals surface area contributed by atoms with Gasteiger partial charge in [0, 0.05) is 18.2 Å². The van der Waals surface area contributed by atoms with Crippen molar-refractivity contribution in [1.29, 1.82) is 0 Å². The molecule has 0 saturated heterocycles. The lowest BCUT2D eigenvalue weighted by atomic mass is 10.1. The van der Waals surface area contributed by atoms with Gasteiger partial charge in [-0.3, -0.25) is 14.8 Å². The van der Waals surface area contributed by atoms with Crippen LogP contribution >= 0.6 is 0 Å². The summed E-state index contributed by atoms with van der Waals surface area (Å²) in [4.78, 5) is 23.4. The minimum absolute atomic E-state index is 0.206. The van der Waals surface area contributed by atoms with Gasteiger partial charge in [-0.05, 0) is 30.3 Å². The highest BCUT2D eigenvalue weighted by Crippen LogP contribution is 2.33. The zero-order valence-corrected chi connectivity index (χ0v) is 14.1. The molecule has 6 nitrogen and oxygen atoms in total. The van der Waals surface area contributed by atoms with E-state index in [2.05, 4.69) is 5.10 Å². The van der Waals surface area contributed by atoms with E-state index >= 15 is 0 Å². The monoisotopic (exact) mass is 401 g/mol. The number of hydrogen-bond donors (Lipinski definition) is 2. The Hall–Kier alpha value is -3.34. The van der Waals surface area contributed by atoms with Crippen LogP contribution < -0.4 is 5.48 Å². The Kier molecular flexibility index (Phi) is 6.09. The fraction of sp³-hybridized carbons (Fsp3) is 0.118. The summed E-state index contributed by atoms with van der Waals surface area (Å²) in [6, 6.07) is 5.07. The van der Waals surface area contributed by atoms with E-state index in [4.69, 9.17) is 5.21 Å². The van der Waals surface area contributed by atoms with E-state index in [9.17, 15) is 31.5 Å². The molecule has 0 unspecified atom stereocenters. The molecule has 0 bridgehead atoms. The van der Waals surface area contributed by atoms with E-state index in [1.807, 2.05) is 0 Å². The van der Waals surface area contributed by atoms with Gasteiger partial charge >= 0.3 is 6.18 Å². The summed E-state index contributed by atoms with van der Waals surface area (Å²) in [5.74, 6) is -4.69. The van der Waals surface area contributed by atoms with E-state index < -0.39 is 40.8 Å². The van der Waals surface area contributed by atoms with Crippen LogP contribution in [0.5, 0.6) is 0 Å². The maximum absolute atomic E-state index is 13.9. The molecule has 2 aromatic rings. The number of carbonyl (C=O) groups is 2. The van der Waals surface area contributed by atoms with Gasteiger partial charge in [0.15, 0.2) is 0 Å². The van der Waals surface area contributed by atoms with Crippen molar-refractivity contribution in [3.63, 3.8) is 0 Å². The quantitative estimate of drug-likeness (QED) is 0.357. The van der Waals surface area contributed by atoms with Crippen LogP contribution in [0.1, 0.15) is 31.8 Å². The highest BCUT2D eigenvalue weighted by Gasteiger charge is 2.37. The second-order valence-electron chi connectivity index (χ2n) is 5.41. The third-order valence-electron chi connectivity index (χ3n) is 3.56. The normalized spacial score (nSPS) is 11.5. The third kappa shape index (κ3) is 4.49. The zero-order chi connectivity index (χ0) is 21.1. The molecule has 0 fully saturated rings. The molecule has 0 aliphatic carbocycles. The van der Waals surface area contributed by atoms with Crippen LogP contribution in [0.4, 0.5) is 22.0 Å². The molecule has 2 amide bonds. The van der Waals surface area contributed by atoms with Gasteiger partial charge < -0.3 is 0 Å². The van der Waals surface area contributed by atoms with E-state index in [0.717, 1.165) is 37.5 Å². The first-order valence-corrected chi connectivity index (χ1v) is 7.48. The Bertz CT molecular complexity index is 944. The van der Waals surface area contributed by atoms with Crippen molar-refractivity contribution in [2.75, 3.05) is 7.05 Å². The number of hydrogen-bond acceptors (Lipinski definition) is 4. The van der Waals surface area contributed by atoms with Crippen LogP contribution in [-0.2, 0) is 6.18 Å². The molecule has 28 heavy (non-hydrogen) atoms. The Morgan fingerprint density at radius 1 is 1.14 bits per heavy atom. The predicted molar refractivity (Wildman–Crippen MR) is 86.7 cm³/mol. The standard InChI is InChI=1S/C17H12F5N3O3/c1-25(16(27)14-11(17(20,21)22)3-2-4-12(14)18)23-8-10-6-5-9(7-13(10)19)15(26)24-28/h2-8,28H,1H3,(H,24,26)/b23-8+. The molecule has 2 N–H and O–H groups in total. The van der Waals surface area contributed by atoms with Gasteiger partial charge in [-0.25, -0.2) is 19.3 Å². The van der Waals surface area contributed by atoms with Crippen LogP contribution in [-0.4, -0.2) is 35.3 Å². The lowest BCUT2D eigenvalue weighted by Crippen LogP contribution is -2.26. The number of amides is 2. The molecule has 0 heterocycles. The number of alkyl halides is 3. The third-order valence-corrected chi connectivity index (χ3v) is 3.56. The maximum atomic E-state index is 13.9. The molecule has 2 aromatic carbocycles. The maximum Gasteiger partial charge on any atom is 0.417 e. The van der Waals surface area contributed by atoms with Gasteiger partial charge in [0.2, 0.25) is 0 Å². The lowest BCUT2D eigenvalue weighted by molar-refractivity contribution is -0.138. The molecule has 0 saturated carbocycles. The SMILES string of the molecule is CN(/N=C/c1ccc(C(=O)NO)cc1F)C(=O)c1c(F)cccc1C(F)(F)F. The fourth-order valence-electron chi connectivity index (χ4n) is 2.18. The second kappa shape index (κ2) is 8.13. The first-order valence-electron chi connectivity index (χ1n) is 7.48. The van der Waals surface area contributed by atoms with Crippen molar-refractivity contribution >= 4 is 18.0 Å². The number of benzene rings is 2. The molecule has 148 valence electrons.